The summed E-state index contributed by atoms with van der Waals surface area (Å²) in [6.45, 7) is 1.84. The molecule has 1 atom stereocenters. The molecule has 2 rings (SSSR count). The van der Waals surface area contributed by atoms with Gasteiger partial charge in [-0.1, -0.05) is 31.0 Å². The van der Waals surface area contributed by atoms with E-state index in [2.05, 4.69) is 16.3 Å². The lowest BCUT2D eigenvalue weighted by Crippen LogP contribution is -2.22. The zero-order valence-electron chi connectivity index (χ0n) is 11.6. The molecule has 0 radical (unpaired) electrons. The molecule has 0 spiro atoms. The van der Waals surface area contributed by atoms with Crippen molar-refractivity contribution in [3.05, 3.63) is 5.82 Å². The number of hydrogen-bond donors (Lipinski definition) is 1. The van der Waals surface area contributed by atoms with Crippen LogP contribution in [0.1, 0.15) is 37.9 Å². The molecule has 1 aliphatic rings. The van der Waals surface area contributed by atoms with Crippen LogP contribution >= 0.6 is 11.8 Å². The fourth-order valence-corrected chi connectivity index (χ4v) is 3.72. The smallest absolute Gasteiger partial charge is 0.237 e. The Morgan fingerprint density at radius 1 is 1.50 bits per heavy atom. The number of nitrogens with two attached hydrogens (primary N) is 1. The van der Waals surface area contributed by atoms with Crippen LogP contribution in [-0.2, 0) is 11.3 Å². The van der Waals surface area contributed by atoms with Crippen molar-refractivity contribution in [3.8, 4) is 6.07 Å². The van der Waals surface area contributed by atoms with Gasteiger partial charge in [0.05, 0.1) is 6.07 Å². The summed E-state index contributed by atoms with van der Waals surface area (Å²) in [5.74, 6) is 0.616. The molecule has 0 aliphatic heterocycles. The van der Waals surface area contributed by atoms with Crippen LogP contribution in [0.3, 0.4) is 0 Å². The van der Waals surface area contributed by atoms with Crippen molar-refractivity contribution >= 4 is 17.7 Å². The van der Waals surface area contributed by atoms with Gasteiger partial charge in [0.1, 0.15) is 17.6 Å². The summed E-state index contributed by atoms with van der Waals surface area (Å²) >= 11 is 1.41. The van der Waals surface area contributed by atoms with E-state index in [0.29, 0.717) is 16.9 Å². The van der Waals surface area contributed by atoms with Crippen molar-refractivity contribution in [1.29, 1.82) is 5.26 Å². The van der Waals surface area contributed by atoms with E-state index in [9.17, 15) is 10.1 Å². The van der Waals surface area contributed by atoms with Gasteiger partial charge in [-0.3, -0.25) is 9.36 Å². The van der Waals surface area contributed by atoms with E-state index in [1.54, 1.807) is 11.5 Å². The molecule has 20 heavy (non-hydrogen) atoms. The molecule has 0 unspecified atom stereocenters. The first-order valence-electron chi connectivity index (χ1n) is 6.86. The molecule has 1 amide bonds. The Balaban J connectivity index is 2.11. The maximum Gasteiger partial charge on any atom is 0.237 e. The Kier molecular flexibility index (Phi) is 5.01. The third kappa shape index (κ3) is 3.51. The fourth-order valence-electron chi connectivity index (χ4n) is 2.57. The Labute approximate surface area is 122 Å². The van der Waals surface area contributed by atoms with E-state index in [1.165, 1.54) is 31.0 Å². The molecule has 1 fully saturated rings. The van der Waals surface area contributed by atoms with Crippen molar-refractivity contribution in [2.75, 3.05) is 0 Å². The summed E-state index contributed by atoms with van der Waals surface area (Å²) < 4.78 is 1.68. The number of aryl methyl sites for hydroxylation is 1. The summed E-state index contributed by atoms with van der Waals surface area (Å²) in [5, 5.41) is 17.9. The van der Waals surface area contributed by atoms with E-state index in [-0.39, 0.29) is 11.8 Å². The number of nitrogens with zero attached hydrogens (tertiary/aromatic N) is 4. The number of carbonyl (C=O) groups excluding carboxylic acids is 1. The minimum atomic E-state index is -0.430. The Bertz CT molecular complexity index is 515. The number of nitriles is 1. The summed E-state index contributed by atoms with van der Waals surface area (Å²) in [5.41, 5.74) is 5.24. The number of amides is 1. The van der Waals surface area contributed by atoms with Crippen LogP contribution in [0.15, 0.2) is 5.16 Å². The molecular formula is C13H19N5OS. The number of carbonyl (C=O) groups is 1. The molecule has 1 saturated carbocycles. The average Bonchev–Trinajstić information content (AvgIpc) is 2.78. The summed E-state index contributed by atoms with van der Waals surface area (Å²) in [6, 6.07) is 2.38. The molecule has 1 aliphatic carbocycles. The lowest BCUT2D eigenvalue weighted by atomic mass is 9.87. The predicted molar refractivity (Wildman–Crippen MR) is 75.8 cm³/mol. The van der Waals surface area contributed by atoms with Crippen LogP contribution in [0.5, 0.6) is 0 Å². The van der Waals surface area contributed by atoms with Gasteiger partial charge in [0.15, 0.2) is 5.16 Å². The third-order valence-corrected chi connectivity index (χ3v) is 4.91. The molecule has 0 bridgehead atoms. The second-order valence-corrected chi connectivity index (χ2v) is 6.26. The van der Waals surface area contributed by atoms with Gasteiger partial charge in [0.25, 0.3) is 0 Å². The molecule has 7 heteroatoms. The van der Waals surface area contributed by atoms with Crippen LogP contribution in [0.2, 0.25) is 0 Å². The van der Waals surface area contributed by atoms with Crippen molar-refractivity contribution in [3.63, 3.8) is 0 Å². The van der Waals surface area contributed by atoms with Gasteiger partial charge in [-0.15, -0.1) is 10.2 Å². The van der Waals surface area contributed by atoms with Gasteiger partial charge in [0, 0.05) is 0 Å². The van der Waals surface area contributed by atoms with E-state index < -0.39 is 5.91 Å². The first-order chi connectivity index (χ1) is 9.61. The minimum Gasteiger partial charge on any atom is -0.368 e. The number of hydrogen-bond acceptors (Lipinski definition) is 5. The SMILES string of the molecule is Cc1nnc(S[C@@H](C#N)C2CCCCC2)n1CC(N)=O. The molecule has 1 aromatic heterocycles. The maximum atomic E-state index is 11.1. The van der Waals surface area contributed by atoms with E-state index in [1.807, 2.05) is 0 Å². The highest BCUT2D eigenvalue weighted by molar-refractivity contribution is 8.00. The topological polar surface area (TPSA) is 97.6 Å². The molecule has 1 aromatic rings. The molecular weight excluding hydrogens is 274 g/mol. The molecule has 0 aromatic carbocycles. The fraction of sp³-hybridized carbons (Fsp3) is 0.692. The van der Waals surface area contributed by atoms with Crippen LogP contribution in [0, 0.1) is 24.2 Å². The molecule has 6 nitrogen and oxygen atoms in total. The van der Waals surface area contributed by atoms with Crippen molar-refractivity contribution in [1.82, 2.24) is 14.8 Å². The highest BCUT2D eigenvalue weighted by Gasteiger charge is 2.26. The van der Waals surface area contributed by atoms with Crippen LogP contribution in [0.25, 0.3) is 0 Å². The zero-order valence-corrected chi connectivity index (χ0v) is 12.4. The van der Waals surface area contributed by atoms with Gasteiger partial charge in [0.2, 0.25) is 5.91 Å². The Morgan fingerprint density at radius 2 is 2.20 bits per heavy atom. The lowest BCUT2D eigenvalue weighted by Gasteiger charge is -2.24. The van der Waals surface area contributed by atoms with Crippen molar-refractivity contribution in [2.45, 2.75) is 56.0 Å². The molecule has 1 heterocycles. The number of rotatable bonds is 5. The number of aromatic nitrogens is 3. The third-order valence-electron chi connectivity index (χ3n) is 3.65. The van der Waals surface area contributed by atoms with Gasteiger partial charge in [-0.25, -0.2) is 0 Å². The standard InChI is InChI=1S/C13H19N5OS/c1-9-16-17-13(18(9)8-12(15)19)20-11(7-14)10-5-3-2-4-6-10/h10-11H,2-6,8H2,1H3,(H2,15,19)/t11-/m0/s1. The first-order valence-corrected chi connectivity index (χ1v) is 7.74. The zero-order chi connectivity index (χ0) is 14.5. The van der Waals surface area contributed by atoms with Crippen LogP contribution < -0.4 is 5.73 Å². The molecule has 0 saturated heterocycles. The minimum absolute atomic E-state index is 0.0595. The second kappa shape index (κ2) is 6.75. The van der Waals surface area contributed by atoms with Crippen LogP contribution in [-0.4, -0.2) is 25.9 Å². The Morgan fingerprint density at radius 3 is 2.80 bits per heavy atom. The number of thioether (sulfide) groups is 1. The maximum absolute atomic E-state index is 11.1. The van der Waals surface area contributed by atoms with Crippen LogP contribution in [0.4, 0.5) is 0 Å². The summed E-state index contributed by atoms with van der Waals surface area (Å²) in [4.78, 5) is 11.1. The van der Waals surface area contributed by atoms with E-state index in [4.69, 9.17) is 5.73 Å². The van der Waals surface area contributed by atoms with Gasteiger partial charge >= 0.3 is 0 Å². The van der Waals surface area contributed by atoms with E-state index in [0.717, 1.165) is 12.8 Å². The van der Waals surface area contributed by atoms with Gasteiger partial charge in [-0.2, -0.15) is 5.26 Å². The van der Waals surface area contributed by atoms with Crippen molar-refractivity contribution < 1.29 is 4.79 Å². The van der Waals surface area contributed by atoms with E-state index >= 15 is 0 Å². The number of primary amides is 1. The average molecular weight is 293 g/mol. The predicted octanol–water partition coefficient (Wildman–Crippen LogP) is 1.64. The van der Waals surface area contributed by atoms with Gasteiger partial charge in [-0.05, 0) is 25.7 Å². The first kappa shape index (κ1) is 14.9. The quantitative estimate of drug-likeness (QED) is 0.832. The van der Waals surface area contributed by atoms with Crippen molar-refractivity contribution in [2.24, 2.45) is 11.7 Å². The summed E-state index contributed by atoms with van der Waals surface area (Å²) in [6.07, 6.45) is 5.82. The Hall–Kier alpha value is -1.55. The molecule has 2 N–H and O–H groups in total. The monoisotopic (exact) mass is 293 g/mol. The summed E-state index contributed by atoms with van der Waals surface area (Å²) in [7, 11) is 0. The van der Waals surface area contributed by atoms with Gasteiger partial charge < -0.3 is 5.73 Å². The normalized spacial score (nSPS) is 17.6. The highest BCUT2D eigenvalue weighted by atomic mass is 32.2. The highest BCUT2D eigenvalue weighted by Crippen LogP contribution is 2.35. The largest absolute Gasteiger partial charge is 0.368 e. The lowest BCUT2D eigenvalue weighted by molar-refractivity contribution is -0.118. The second-order valence-electron chi connectivity index (χ2n) is 5.15. The molecule has 108 valence electrons.